The van der Waals surface area contributed by atoms with E-state index in [0.717, 1.165) is 5.56 Å². The maximum absolute atomic E-state index is 10.5. The molecule has 0 bridgehead atoms. The van der Waals surface area contributed by atoms with Crippen molar-refractivity contribution in [1.82, 2.24) is 5.32 Å². The van der Waals surface area contributed by atoms with Gasteiger partial charge in [-0.15, -0.1) is 0 Å². The molecule has 0 fully saturated rings. The molecule has 1 atom stereocenters. The molecule has 5 nitrogen and oxygen atoms in total. The van der Waals surface area contributed by atoms with Gasteiger partial charge in [0.25, 0.3) is 5.69 Å². The molecule has 0 saturated carbocycles. The summed E-state index contributed by atoms with van der Waals surface area (Å²) in [5.41, 5.74) is 1.83. The Labute approximate surface area is 117 Å². The Morgan fingerprint density at radius 3 is 2.35 bits per heavy atom. The third-order valence-electron chi connectivity index (χ3n) is 3.00. The van der Waals surface area contributed by atoms with Gasteiger partial charge in [-0.2, -0.15) is 0 Å². The summed E-state index contributed by atoms with van der Waals surface area (Å²) in [6.07, 6.45) is -0.681. The fourth-order valence-corrected chi connectivity index (χ4v) is 1.89. The maximum atomic E-state index is 10.5. The molecule has 104 valence electrons. The minimum Gasteiger partial charge on any atom is -0.387 e. The van der Waals surface area contributed by atoms with Gasteiger partial charge < -0.3 is 10.4 Å². The molecule has 0 aromatic heterocycles. The van der Waals surface area contributed by atoms with Crippen molar-refractivity contribution in [3.63, 3.8) is 0 Å². The Morgan fingerprint density at radius 1 is 1.10 bits per heavy atom. The second-order valence-corrected chi connectivity index (χ2v) is 4.48. The van der Waals surface area contributed by atoms with Crippen molar-refractivity contribution in [3.05, 3.63) is 75.8 Å². The van der Waals surface area contributed by atoms with Crippen LogP contribution in [-0.2, 0) is 6.54 Å². The Kier molecular flexibility index (Phi) is 4.81. The van der Waals surface area contributed by atoms with E-state index in [2.05, 4.69) is 5.32 Å². The number of nitrogens with zero attached hydrogens (tertiary/aromatic N) is 1. The van der Waals surface area contributed by atoms with Gasteiger partial charge in [0.15, 0.2) is 0 Å². The summed E-state index contributed by atoms with van der Waals surface area (Å²) in [4.78, 5) is 10.1. The van der Waals surface area contributed by atoms with Gasteiger partial charge in [-0.1, -0.05) is 30.3 Å². The Bertz CT molecular complexity index is 555. The lowest BCUT2D eigenvalue weighted by atomic mass is 10.1. The van der Waals surface area contributed by atoms with Crippen LogP contribution in [0.25, 0.3) is 0 Å². The van der Waals surface area contributed by atoms with Crippen LogP contribution < -0.4 is 5.32 Å². The number of nitrogens with one attached hydrogen (secondary N) is 1. The maximum Gasteiger partial charge on any atom is 0.269 e. The molecule has 0 aliphatic carbocycles. The van der Waals surface area contributed by atoms with Crippen LogP contribution >= 0.6 is 0 Å². The molecule has 2 aromatic rings. The van der Waals surface area contributed by atoms with Gasteiger partial charge in [-0.05, 0) is 23.3 Å². The van der Waals surface area contributed by atoms with E-state index in [9.17, 15) is 15.2 Å². The van der Waals surface area contributed by atoms with Crippen molar-refractivity contribution >= 4 is 5.69 Å². The molecule has 0 spiro atoms. The number of hydrogen-bond donors (Lipinski definition) is 2. The van der Waals surface area contributed by atoms with Crippen LogP contribution in [0, 0.1) is 10.1 Å². The van der Waals surface area contributed by atoms with E-state index in [0.29, 0.717) is 18.7 Å². The molecule has 20 heavy (non-hydrogen) atoms. The van der Waals surface area contributed by atoms with Gasteiger partial charge in [0.1, 0.15) is 0 Å². The number of aliphatic hydroxyl groups excluding tert-OH is 1. The average molecular weight is 272 g/mol. The lowest BCUT2D eigenvalue weighted by Crippen LogP contribution is -2.21. The predicted octanol–water partition coefficient (Wildman–Crippen LogP) is 2.42. The van der Waals surface area contributed by atoms with Crippen LogP contribution in [0.5, 0.6) is 0 Å². The smallest absolute Gasteiger partial charge is 0.269 e. The van der Waals surface area contributed by atoms with E-state index < -0.39 is 11.0 Å². The molecular formula is C15H16N2O3. The standard InChI is InChI=1S/C15H16N2O3/c18-15(11-16-10-12-4-2-1-3-5-12)13-6-8-14(9-7-13)17(19)20/h1-9,15-16,18H,10-11H2. The van der Waals surface area contributed by atoms with Crippen LogP contribution in [0.3, 0.4) is 0 Å². The third-order valence-corrected chi connectivity index (χ3v) is 3.00. The fourth-order valence-electron chi connectivity index (χ4n) is 1.89. The number of aliphatic hydroxyl groups is 1. The van der Waals surface area contributed by atoms with E-state index in [4.69, 9.17) is 0 Å². The van der Waals surface area contributed by atoms with Crippen molar-refractivity contribution in [2.45, 2.75) is 12.6 Å². The van der Waals surface area contributed by atoms with Crippen molar-refractivity contribution in [1.29, 1.82) is 0 Å². The molecule has 5 heteroatoms. The van der Waals surface area contributed by atoms with Gasteiger partial charge >= 0.3 is 0 Å². The number of benzene rings is 2. The first-order valence-electron chi connectivity index (χ1n) is 6.34. The van der Waals surface area contributed by atoms with Gasteiger partial charge in [0.2, 0.25) is 0 Å². The molecule has 2 rings (SSSR count). The second kappa shape index (κ2) is 6.79. The molecule has 0 radical (unpaired) electrons. The third kappa shape index (κ3) is 3.88. The monoisotopic (exact) mass is 272 g/mol. The van der Waals surface area contributed by atoms with E-state index in [1.807, 2.05) is 30.3 Å². The average Bonchev–Trinajstić information content (AvgIpc) is 2.48. The van der Waals surface area contributed by atoms with Crippen molar-refractivity contribution in [3.8, 4) is 0 Å². The summed E-state index contributed by atoms with van der Waals surface area (Å²) in [6.45, 7) is 1.07. The normalized spacial score (nSPS) is 12.1. The first kappa shape index (κ1) is 14.2. The molecule has 2 N–H and O–H groups in total. The summed E-state index contributed by atoms with van der Waals surface area (Å²) in [5, 5.41) is 23.7. The Morgan fingerprint density at radius 2 is 1.75 bits per heavy atom. The highest BCUT2D eigenvalue weighted by molar-refractivity contribution is 5.33. The summed E-state index contributed by atoms with van der Waals surface area (Å²) < 4.78 is 0. The summed E-state index contributed by atoms with van der Waals surface area (Å²) >= 11 is 0. The van der Waals surface area contributed by atoms with Crippen LogP contribution in [0.1, 0.15) is 17.2 Å². The van der Waals surface area contributed by atoms with Crippen molar-refractivity contribution in [2.24, 2.45) is 0 Å². The Balaban J connectivity index is 1.85. The highest BCUT2D eigenvalue weighted by Crippen LogP contribution is 2.17. The number of non-ortho nitro benzene ring substituents is 1. The number of nitro groups is 1. The van der Waals surface area contributed by atoms with Gasteiger partial charge in [0, 0.05) is 25.2 Å². The molecule has 1 unspecified atom stereocenters. The minimum atomic E-state index is -0.681. The molecule has 0 aliphatic heterocycles. The second-order valence-electron chi connectivity index (χ2n) is 4.48. The van der Waals surface area contributed by atoms with E-state index in [-0.39, 0.29) is 5.69 Å². The fraction of sp³-hybridized carbons (Fsp3) is 0.200. The van der Waals surface area contributed by atoms with E-state index in [1.165, 1.54) is 12.1 Å². The highest BCUT2D eigenvalue weighted by atomic mass is 16.6. The molecule has 0 heterocycles. The zero-order chi connectivity index (χ0) is 14.4. The quantitative estimate of drug-likeness (QED) is 0.625. The Hall–Kier alpha value is -2.24. The van der Waals surface area contributed by atoms with Gasteiger partial charge in [-0.25, -0.2) is 0 Å². The lowest BCUT2D eigenvalue weighted by molar-refractivity contribution is -0.384. The van der Waals surface area contributed by atoms with Crippen LogP contribution in [0.4, 0.5) is 5.69 Å². The van der Waals surface area contributed by atoms with Gasteiger partial charge in [-0.3, -0.25) is 10.1 Å². The van der Waals surface area contributed by atoms with E-state index >= 15 is 0 Å². The summed E-state index contributed by atoms with van der Waals surface area (Å²) in [6, 6.07) is 15.8. The first-order valence-corrected chi connectivity index (χ1v) is 6.34. The summed E-state index contributed by atoms with van der Waals surface area (Å²) in [5.74, 6) is 0. The zero-order valence-electron chi connectivity index (χ0n) is 10.9. The number of nitro benzene ring substituents is 1. The summed E-state index contributed by atoms with van der Waals surface area (Å²) in [7, 11) is 0. The van der Waals surface area contributed by atoms with E-state index in [1.54, 1.807) is 12.1 Å². The zero-order valence-corrected chi connectivity index (χ0v) is 10.9. The predicted molar refractivity (Wildman–Crippen MR) is 76.2 cm³/mol. The van der Waals surface area contributed by atoms with Gasteiger partial charge in [0.05, 0.1) is 11.0 Å². The highest BCUT2D eigenvalue weighted by Gasteiger charge is 2.10. The molecule has 0 saturated heterocycles. The van der Waals surface area contributed by atoms with Crippen molar-refractivity contribution < 1.29 is 10.0 Å². The SMILES string of the molecule is O=[N+]([O-])c1ccc(C(O)CNCc2ccccc2)cc1. The first-order chi connectivity index (χ1) is 9.66. The molecule has 2 aromatic carbocycles. The van der Waals surface area contributed by atoms with Crippen LogP contribution in [0.2, 0.25) is 0 Å². The van der Waals surface area contributed by atoms with Crippen LogP contribution in [0.15, 0.2) is 54.6 Å². The van der Waals surface area contributed by atoms with Crippen LogP contribution in [-0.4, -0.2) is 16.6 Å². The topological polar surface area (TPSA) is 75.4 Å². The molecular weight excluding hydrogens is 256 g/mol. The minimum absolute atomic E-state index is 0.0261. The number of hydrogen-bond acceptors (Lipinski definition) is 4. The number of rotatable bonds is 6. The largest absolute Gasteiger partial charge is 0.387 e. The molecule has 0 aliphatic rings. The van der Waals surface area contributed by atoms with Crippen molar-refractivity contribution in [2.75, 3.05) is 6.54 Å². The molecule has 0 amide bonds. The lowest BCUT2D eigenvalue weighted by Gasteiger charge is -2.12.